The maximum absolute atomic E-state index is 12.2. The lowest BCUT2D eigenvalue weighted by Gasteiger charge is -2.07. The lowest BCUT2D eigenvalue weighted by atomic mass is 10.0. The highest BCUT2D eigenvalue weighted by atomic mass is 32.1. The van der Waals surface area contributed by atoms with E-state index in [0.29, 0.717) is 17.7 Å². The number of carbonyl (C=O) groups is 1. The number of aryl methyl sites for hydroxylation is 1. The van der Waals surface area contributed by atoms with E-state index in [1.165, 1.54) is 0 Å². The van der Waals surface area contributed by atoms with Gasteiger partial charge in [-0.25, -0.2) is 0 Å². The van der Waals surface area contributed by atoms with Crippen LogP contribution in [0.4, 0.5) is 0 Å². The van der Waals surface area contributed by atoms with Crippen LogP contribution in [0.1, 0.15) is 27.0 Å². The van der Waals surface area contributed by atoms with Crippen molar-refractivity contribution in [1.29, 1.82) is 0 Å². The van der Waals surface area contributed by atoms with Crippen molar-refractivity contribution in [2.24, 2.45) is 0 Å². The number of aliphatic hydroxyl groups is 1. The van der Waals surface area contributed by atoms with Gasteiger partial charge in [0.25, 0.3) is 5.91 Å². The summed E-state index contributed by atoms with van der Waals surface area (Å²) >= 11 is 1.60. The number of hydrogen-bond donors (Lipinski definition) is 2. The average molecular weight is 285 g/mol. The summed E-state index contributed by atoms with van der Waals surface area (Å²) in [7, 11) is 0. The first kappa shape index (κ1) is 14.3. The molecule has 2 rings (SSSR count). The second kappa shape index (κ2) is 6.90. The first-order valence-electron chi connectivity index (χ1n) is 6.20. The minimum atomic E-state index is -0.218. The van der Waals surface area contributed by atoms with Gasteiger partial charge in [0, 0.05) is 12.1 Å². The fraction of sp³-hybridized carbons (Fsp3) is 0.188. The molecule has 0 spiro atoms. The van der Waals surface area contributed by atoms with Gasteiger partial charge >= 0.3 is 0 Å². The van der Waals surface area contributed by atoms with Gasteiger partial charge in [-0.05, 0) is 47.0 Å². The third kappa shape index (κ3) is 3.70. The van der Waals surface area contributed by atoms with Crippen molar-refractivity contribution in [3.8, 4) is 11.8 Å². The molecular formula is C16H15NO2S. The average Bonchev–Trinajstić information content (AvgIpc) is 2.96. The SMILES string of the molecule is Cc1ccc(C(=O)NCc2ccsc2)c(C#CCO)c1. The Morgan fingerprint density at radius 1 is 1.40 bits per heavy atom. The Morgan fingerprint density at radius 3 is 2.95 bits per heavy atom. The summed E-state index contributed by atoms with van der Waals surface area (Å²) in [5.41, 5.74) is 3.29. The highest BCUT2D eigenvalue weighted by Crippen LogP contribution is 2.12. The van der Waals surface area contributed by atoms with Crippen LogP contribution >= 0.6 is 11.3 Å². The smallest absolute Gasteiger partial charge is 0.252 e. The minimum Gasteiger partial charge on any atom is -0.384 e. The Labute approximate surface area is 122 Å². The molecule has 4 heteroatoms. The highest BCUT2D eigenvalue weighted by molar-refractivity contribution is 7.07. The van der Waals surface area contributed by atoms with Crippen LogP contribution in [0.15, 0.2) is 35.0 Å². The van der Waals surface area contributed by atoms with Gasteiger partial charge in [-0.2, -0.15) is 11.3 Å². The fourth-order valence-electron chi connectivity index (χ4n) is 1.77. The maximum Gasteiger partial charge on any atom is 0.252 e. The molecular weight excluding hydrogens is 270 g/mol. The molecule has 0 saturated heterocycles. The lowest BCUT2D eigenvalue weighted by molar-refractivity contribution is 0.0950. The van der Waals surface area contributed by atoms with Crippen molar-refractivity contribution in [3.05, 3.63) is 57.3 Å². The van der Waals surface area contributed by atoms with E-state index in [-0.39, 0.29) is 12.5 Å². The minimum absolute atomic E-state index is 0.154. The Morgan fingerprint density at radius 2 is 2.25 bits per heavy atom. The molecule has 0 aliphatic carbocycles. The molecule has 0 fully saturated rings. The molecule has 0 aliphatic heterocycles. The largest absolute Gasteiger partial charge is 0.384 e. The first-order chi connectivity index (χ1) is 9.70. The normalized spacial score (nSPS) is 9.70. The van der Waals surface area contributed by atoms with E-state index < -0.39 is 0 Å². The molecule has 20 heavy (non-hydrogen) atoms. The Hall–Kier alpha value is -2.09. The van der Waals surface area contributed by atoms with Crippen LogP contribution in [0.3, 0.4) is 0 Å². The topological polar surface area (TPSA) is 49.3 Å². The lowest BCUT2D eigenvalue weighted by Crippen LogP contribution is -2.23. The molecule has 0 bridgehead atoms. The second-order valence-electron chi connectivity index (χ2n) is 4.32. The van der Waals surface area contributed by atoms with E-state index in [2.05, 4.69) is 17.2 Å². The van der Waals surface area contributed by atoms with Crippen LogP contribution in [0, 0.1) is 18.8 Å². The summed E-state index contributed by atoms with van der Waals surface area (Å²) in [6.07, 6.45) is 0. The zero-order valence-corrected chi connectivity index (χ0v) is 12.0. The van der Waals surface area contributed by atoms with E-state index >= 15 is 0 Å². The number of rotatable bonds is 3. The summed E-state index contributed by atoms with van der Waals surface area (Å²) in [6.45, 7) is 2.23. The molecule has 102 valence electrons. The second-order valence-corrected chi connectivity index (χ2v) is 5.10. The zero-order valence-electron chi connectivity index (χ0n) is 11.1. The van der Waals surface area contributed by atoms with Crippen LogP contribution in [-0.2, 0) is 6.54 Å². The summed E-state index contributed by atoms with van der Waals surface area (Å²) < 4.78 is 0. The van der Waals surface area contributed by atoms with Crippen molar-refractivity contribution in [2.75, 3.05) is 6.61 Å². The van der Waals surface area contributed by atoms with Gasteiger partial charge in [0.2, 0.25) is 0 Å². The Balaban J connectivity index is 2.16. The van der Waals surface area contributed by atoms with Crippen LogP contribution in [0.5, 0.6) is 0 Å². The van der Waals surface area contributed by atoms with Gasteiger partial charge in [0.1, 0.15) is 6.61 Å². The van der Waals surface area contributed by atoms with Gasteiger partial charge in [0.15, 0.2) is 0 Å². The van der Waals surface area contributed by atoms with E-state index in [1.807, 2.05) is 35.9 Å². The van der Waals surface area contributed by atoms with Crippen LogP contribution in [0.25, 0.3) is 0 Å². The third-order valence-corrected chi connectivity index (χ3v) is 3.49. The summed E-state index contributed by atoms with van der Waals surface area (Å²) in [6, 6.07) is 7.47. The first-order valence-corrected chi connectivity index (χ1v) is 7.14. The monoisotopic (exact) mass is 285 g/mol. The molecule has 0 aliphatic rings. The number of carbonyl (C=O) groups excluding carboxylic acids is 1. The molecule has 2 aromatic rings. The standard InChI is InChI=1S/C16H15NO2S/c1-12-4-5-15(14(9-12)3-2-7-18)16(19)17-10-13-6-8-20-11-13/h4-6,8-9,11,18H,7,10H2,1H3,(H,17,19). The molecule has 1 heterocycles. The number of benzene rings is 1. The summed E-state index contributed by atoms with van der Waals surface area (Å²) in [5.74, 6) is 5.25. The van der Waals surface area contributed by atoms with Crippen molar-refractivity contribution in [1.82, 2.24) is 5.32 Å². The van der Waals surface area contributed by atoms with Gasteiger partial charge in [0.05, 0.1) is 5.56 Å². The summed E-state index contributed by atoms with van der Waals surface area (Å²) in [4.78, 5) is 12.2. The maximum atomic E-state index is 12.2. The number of nitrogens with one attached hydrogen (secondary N) is 1. The predicted octanol–water partition coefficient (Wildman–Crippen LogP) is 2.33. The van der Waals surface area contributed by atoms with E-state index in [1.54, 1.807) is 17.4 Å². The van der Waals surface area contributed by atoms with Gasteiger partial charge in [-0.15, -0.1) is 0 Å². The number of aliphatic hydroxyl groups excluding tert-OH is 1. The molecule has 0 unspecified atom stereocenters. The van der Waals surface area contributed by atoms with E-state index in [9.17, 15) is 4.79 Å². The molecule has 0 radical (unpaired) electrons. The van der Waals surface area contributed by atoms with Crippen molar-refractivity contribution < 1.29 is 9.90 Å². The van der Waals surface area contributed by atoms with Crippen molar-refractivity contribution >= 4 is 17.2 Å². The fourth-order valence-corrected chi connectivity index (χ4v) is 2.43. The van der Waals surface area contributed by atoms with E-state index in [0.717, 1.165) is 11.1 Å². The third-order valence-electron chi connectivity index (χ3n) is 2.75. The molecule has 0 atom stereocenters. The zero-order chi connectivity index (χ0) is 14.4. The number of amides is 1. The Kier molecular flexibility index (Phi) is 4.94. The van der Waals surface area contributed by atoms with Crippen molar-refractivity contribution in [3.63, 3.8) is 0 Å². The van der Waals surface area contributed by atoms with Crippen LogP contribution < -0.4 is 5.32 Å². The van der Waals surface area contributed by atoms with Crippen LogP contribution in [-0.4, -0.2) is 17.6 Å². The van der Waals surface area contributed by atoms with E-state index in [4.69, 9.17) is 5.11 Å². The van der Waals surface area contributed by atoms with Gasteiger partial charge < -0.3 is 10.4 Å². The van der Waals surface area contributed by atoms with Crippen molar-refractivity contribution in [2.45, 2.75) is 13.5 Å². The van der Waals surface area contributed by atoms with Crippen LogP contribution in [0.2, 0.25) is 0 Å². The summed E-state index contributed by atoms with van der Waals surface area (Å²) in [5, 5.41) is 15.6. The molecule has 0 saturated carbocycles. The molecule has 2 N–H and O–H groups in total. The highest BCUT2D eigenvalue weighted by Gasteiger charge is 2.10. The van der Waals surface area contributed by atoms with Gasteiger partial charge in [-0.1, -0.05) is 17.9 Å². The van der Waals surface area contributed by atoms with Gasteiger partial charge in [-0.3, -0.25) is 4.79 Å². The quantitative estimate of drug-likeness (QED) is 0.850. The Bertz CT molecular complexity index is 651. The number of thiophene rings is 1. The molecule has 1 aromatic heterocycles. The number of hydrogen-bond acceptors (Lipinski definition) is 3. The predicted molar refractivity (Wildman–Crippen MR) is 80.6 cm³/mol. The molecule has 1 amide bonds. The molecule has 1 aromatic carbocycles. The molecule has 3 nitrogen and oxygen atoms in total.